The second-order valence-electron chi connectivity index (χ2n) is 14.4. The molecule has 0 amide bonds. The molecular formula is C54H41N3O. The Morgan fingerprint density at radius 3 is 1.60 bits per heavy atom. The summed E-state index contributed by atoms with van der Waals surface area (Å²) >= 11 is 0. The third-order valence-electron chi connectivity index (χ3n) is 10.7. The first kappa shape index (κ1) is 36.1. The molecule has 0 saturated heterocycles. The molecule has 2 heterocycles. The summed E-state index contributed by atoms with van der Waals surface area (Å²) in [6.45, 7) is 2.26. The van der Waals surface area contributed by atoms with Gasteiger partial charge in [-0.15, -0.1) is 0 Å². The lowest BCUT2D eigenvalue weighted by Crippen LogP contribution is -2.15. The van der Waals surface area contributed by atoms with Gasteiger partial charge in [-0.05, 0) is 88.0 Å². The van der Waals surface area contributed by atoms with E-state index >= 15 is 0 Å². The largest absolute Gasteiger partial charge is 0.507 e. The quantitative estimate of drug-likeness (QED) is 0.151. The fourth-order valence-corrected chi connectivity index (χ4v) is 7.75. The van der Waals surface area contributed by atoms with E-state index < -0.39 is 0 Å². The molecule has 1 atom stereocenters. The van der Waals surface area contributed by atoms with Crippen molar-refractivity contribution in [1.29, 1.82) is 0 Å². The Morgan fingerprint density at radius 2 is 0.983 bits per heavy atom. The van der Waals surface area contributed by atoms with Gasteiger partial charge >= 0.3 is 0 Å². The molecule has 1 unspecified atom stereocenters. The molecule has 2 aromatic heterocycles. The molecule has 4 nitrogen and oxygen atoms in total. The van der Waals surface area contributed by atoms with Crippen molar-refractivity contribution in [3.05, 3.63) is 230 Å². The Kier molecular flexibility index (Phi) is 10.1. The van der Waals surface area contributed by atoms with Gasteiger partial charge in [-0.2, -0.15) is 0 Å². The van der Waals surface area contributed by atoms with Crippen LogP contribution < -0.4 is 4.90 Å². The highest BCUT2D eigenvalue weighted by molar-refractivity contribution is 5.97. The van der Waals surface area contributed by atoms with Crippen LogP contribution >= 0.6 is 0 Å². The number of aromatic hydroxyl groups is 1. The normalized spacial score (nSPS) is 11.5. The first-order valence-electron chi connectivity index (χ1n) is 19.6. The van der Waals surface area contributed by atoms with Crippen LogP contribution in [0.3, 0.4) is 0 Å². The summed E-state index contributed by atoms with van der Waals surface area (Å²) in [6, 6.07) is 73.2. The van der Waals surface area contributed by atoms with Crippen molar-refractivity contribution >= 4 is 17.2 Å². The number of hydrogen-bond acceptors (Lipinski definition) is 4. The van der Waals surface area contributed by atoms with Crippen molar-refractivity contribution in [1.82, 2.24) is 9.97 Å². The third kappa shape index (κ3) is 7.39. The van der Waals surface area contributed by atoms with E-state index in [4.69, 9.17) is 9.97 Å². The monoisotopic (exact) mass is 747 g/mol. The summed E-state index contributed by atoms with van der Waals surface area (Å²) in [6.07, 6.45) is 1.86. The minimum absolute atomic E-state index is 0.0541. The number of pyridine rings is 2. The van der Waals surface area contributed by atoms with E-state index in [1.54, 1.807) is 6.07 Å². The maximum absolute atomic E-state index is 11.1. The molecular weight excluding hydrogens is 707 g/mol. The lowest BCUT2D eigenvalue weighted by Gasteiger charge is -2.30. The highest BCUT2D eigenvalue weighted by Crippen LogP contribution is 2.48. The SMILES string of the molecule is CC(c1ccccc1)c1cc(-c2cc(-c3ccccc3)cc(-c3ccccc3O)n2)cc(N(c2ccccn2)c2c(-c3ccccc3)cccc2-c2ccccc2)c1. The van der Waals surface area contributed by atoms with Gasteiger partial charge in [-0.25, -0.2) is 9.97 Å². The average molecular weight is 748 g/mol. The van der Waals surface area contributed by atoms with E-state index in [9.17, 15) is 5.11 Å². The zero-order valence-electron chi connectivity index (χ0n) is 32.2. The molecule has 4 heteroatoms. The van der Waals surface area contributed by atoms with Crippen molar-refractivity contribution in [2.75, 3.05) is 4.90 Å². The zero-order valence-corrected chi connectivity index (χ0v) is 32.2. The highest BCUT2D eigenvalue weighted by atomic mass is 16.3. The lowest BCUT2D eigenvalue weighted by atomic mass is 9.89. The van der Waals surface area contributed by atoms with Crippen LogP contribution in [0, 0.1) is 0 Å². The van der Waals surface area contributed by atoms with E-state index in [-0.39, 0.29) is 11.7 Å². The van der Waals surface area contributed by atoms with Crippen molar-refractivity contribution < 1.29 is 5.11 Å². The Labute approximate surface area is 340 Å². The van der Waals surface area contributed by atoms with Gasteiger partial charge in [0.2, 0.25) is 0 Å². The molecule has 0 saturated carbocycles. The average Bonchev–Trinajstić information content (AvgIpc) is 3.30. The van der Waals surface area contributed by atoms with Gasteiger partial charge in [0.15, 0.2) is 0 Å². The fraction of sp³-hybridized carbons (Fsp3) is 0.0370. The van der Waals surface area contributed by atoms with Gasteiger partial charge < -0.3 is 5.11 Å². The highest BCUT2D eigenvalue weighted by Gasteiger charge is 2.25. The molecule has 0 aliphatic rings. The van der Waals surface area contributed by atoms with Crippen molar-refractivity contribution in [3.63, 3.8) is 0 Å². The summed E-state index contributed by atoms with van der Waals surface area (Å²) in [5.41, 5.74) is 13.9. The minimum atomic E-state index is 0.0541. The zero-order chi connectivity index (χ0) is 39.3. The van der Waals surface area contributed by atoms with Crippen LogP contribution in [-0.2, 0) is 0 Å². The summed E-state index contributed by atoms with van der Waals surface area (Å²) in [5, 5.41) is 11.1. The molecule has 7 aromatic carbocycles. The topological polar surface area (TPSA) is 49.3 Å². The van der Waals surface area contributed by atoms with E-state index in [2.05, 4.69) is 182 Å². The first-order valence-corrected chi connectivity index (χ1v) is 19.6. The molecule has 278 valence electrons. The van der Waals surface area contributed by atoms with E-state index in [0.29, 0.717) is 11.3 Å². The number of phenols is 1. The van der Waals surface area contributed by atoms with E-state index in [1.165, 1.54) is 5.56 Å². The van der Waals surface area contributed by atoms with Gasteiger partial charge in [-0.1, -0.05) is 165 Å². The Hall–Kier alpha value is -7.56. The van der Waals surface area contributed by atoms with Gasteiger partial charge in [0, 0.05) is 40.1 Å². The Bertz CT molecular complexity index is 2730. The van der Waals surface area contributed by atoms with Crippen LogP contribution in [0.1, 0.15) is 24.0 Å². The van der Waals surface area contributed by atoms with Gasteiger partial charge in [-0.3, -0.25) is 4.90 Å². The summed E-state index contributed by atoms with van der Waals surface area (Å²) in [7, 11) is 0. The second kappa shape index (κ2) is 16.3. The lowest BCUT2D eigenvalue weighted by molar-refractivity contribution is 0.477. The maximum Gasteiger partial charge on any atom is 0.137 e. The molecule has 1 N–H and O–H groups in total. The predicted octanol–water partition coefficient (Wildman–Crippen LogP) is 14.1. The van der Waals surface area contributed by atoms with Gasteiger partial charge in [0.1, 0.15) is 11.6 Å². The third-order valence-corrected chi connectivity index (χ3v) is 10.7. The molecule has 0 radical (unpaired) electrons. The number of aromatic nitrogens is 2. The molecule has 0 aliphatic heterocycles. The molecule has 58 heavy (non-hydrogen) atoms. The van der Waals surface area contributed by atoms with Crippen LogP contribution in [0.25, 0.3) is 55.9 Å². The molecule has 9 rings (SSSR count). The van der Waals surface area contributed by atoms with Crippen LogP contribution in [-0.4, -0.2) is 15.1 Å². The Balaban J connectivity index is 1.35. The molecule has 0 bridgehead atoms. The number of para-hydroxylation sites is 2. The number of nitrogens with zero attached hydrogens (tertiary/aromatic N) is 3. The molecule has 9 aromatic rings. The predicted molar refractivity (Wildman–Crippen MR) is 240 cm³/mol. The van der Waals surface area contributed by atoms with E-state index in [0.717, 1.165) is 67.4 Å². The number of phenolic OH excluding ortho intramolecular Hbond substituents is 1. The van der Waals surface area contributed by atoms with E-state index in [1.807, 2.05) is 42.6 Å². The van der Waals surface area contributed by atoms with Gasteiger partial charge in [0.05, 0.1) is 17.1 Å². The van der Waals surface area contributed by atoms with Crippen LogP contribution in [0.15, 0.2) is 219 Å². The second-order valence-corrected chi connectivity index (χ2v) is 14.4. The van der Waals surface area contributed by atoms with Crippen molar-refractivity contribution in [2.24, 2.45) is 0 Å². The molecule has 0 fully saturated rings. The van der Waals surface area contributed by atoms with Crippen LogP contribution in [0.5, 0.6) is 5.75 Å². The summed E-state index contributed by atoms with van der Waals surface area (Å²) < 4.78 is 0. The number of hydrogen-bond donors (Lipinski definition) is 1. The van der Waals surface area contributed by atoms with Gasteiger partial charge in [0.25, 0.3) is 0 Å². The van der Waals surface area contributed by atoms with Crippen LogP contribution in [0.2, 0.25) is 0 Å². The van der Waals surface area contributed by atoms with Crippen molar-refractivity contribution in [3.8, 4) is 61.6 Å². The Morgan fingerprint density at radius 1 is 0.431 bits per heavy atom. The summed E-state index contributed by atoms with van der Waals surface area (Å²) in [5.74, 6) is 1.03. The maximum atomic E-state index is 11.1. The smallest absolute Gasteiger partial charge is 0.137 e. The standard InChI is InChI=1S/C54H41N3O/c1-38(39-19-6-2-7-20-39)43-33-45(50-36-44(40-21-8-3-9-22-40)37-51(56-50)49-27-14-15-30-52(49)58)35-46(34-43)57(53-31-16-17-32-55-53)54-47(41-23-10-4-11-24-41)28-18-29-48(54)42-25-12-5-13-26-42/h2-38,58H,1H3. The van der Waals surface area contributed by atoms with Crippen molar-refractivity contribution in [2.45, 2.75) is 12.8 Å². The fourth-order valence-electron chi connectivity index (χ4n) is 7.75. The first-order chi connectivity index (χ1) is 28.6. The number of anilines is 3. The molecule has 0 aliphatic carbocycles. The number of rotatable bonds is 10. The number of benzene rings is 7. The molecule has 0 spiro atoms. The summed E-state index contributed by atoms with van der Waals surface area (Å²) in [4.78, 5) is 12.7. The minimum Gasteiger partial charge on any atom is -0.507 e. The van der Waals surface area contributed by atoms with Crippen LogP contribution in [0.4, 0.5) is 17.2 Å².